The fourth-order valence-corrected chi connectivity index (χ4v) is 3.02. The van der Waals surface area contributed by atoms with Crippen molar-refractivity contribution in [3.05, 3.63) is 11.6 Å². The van der Waals surface area contributed by atoms with E-state index in [-0.39, 0.29) is 0 Å². The first-order valence-electron chi connectivity index (χ1n) is 6.21. The summed E-state index contributed by atoms with van der Waals surface area (Å²) in [6, 6.07) is 0. The van der Waals surface area contributed by atoms with Crippen molar-refractivity contribution < 1.29 is 4.74 Å². The molecule has 0 aromatic heterocycles. The van der Waals surface area contributed by atoms with Gasteiger partial charge in [0, 0.05) is 44.2 Å². The first-order chi connectivity index (χ1) is 7.95. The Hall–Kier alpha value is -0.0300. The summed E-state index contributed by atoms with van der Waals surface area (Å²) in [6.07, 6.45) is 3.40. The Morgan fingerprint density at radius 2 is 2.25 bits per heavy atom. The molecule has 0 radical (unpaired) electrons. The predicted octanol–water partition coefficient (Wildman–Crippen LogP) is 0.971. The van der Waals surface area contributed by atoms with Crippen molar-refractivity contribution in [2.75, 3.05) is 57.4 Å². The van der Waals surface area contributed by atoms with E-state index in [0.717, 1.165) is 32.7 Å². The lowest BCUT2D eigenvalue weighted by Gasteiger charge is -2.26. The molecule has 0 spiro atoms. The molecule has 0 unspecified atom stereocenters. The van der Waals surface area contributed by atoms with Gasteiger partial charge in [-0.05, 0) is 12.0 Å². The molecule has 1 fully saturated rings. The molecular formula is C12H22N2OS. The number of nitrogens with zero attached hydrogens (tertiary/aromatic N) is 1. The van der Waals surface area contributed by atoms with E-state index >= 15 is 0 Å². The highest BCUT2D eigenvalue weighted by molar-refractivity contribution is 7.99. The van der Waals surface area contributed by atoms with Crippen LogP contribution in [-0.4, -0.2) is 62.3 Å². The molecular weight excluding hydrogens is 220 g/mol. The van der Waals surface area contributed by atoms with Crippen LogP contribution in [0.15, 0.2) is 11.6 Å². The monoisotopic (exact) mass is 242 g/mol. The van der Waals surface area contributed by atoms with Gasteiger partial charge in [0.1, 0.15) is 0 Å². The predicted molar refractivity (Wildman–Crippen MR) is 70.2 cm³/mol. The lowest BCUT2D eigenvalue weighted by Crippen LogP contribution is -2.38. The molecule has 1 N–H and O–H groups in total. The zero-order chi connectivity index (χ0) is 11.1. The third-order valence-electron chi connectivity index (χ3n) is 3.04. The minimum atomic E-state index is 0.827. The van der Waals surface area contributed by atoms with Gasteiger partial charge in [-0.25, -0.2) is 0 Å². The summed E-state index contributed by atoms with van der Waals surface area (Å²) >= 11 is 2.07. The van der Waals surface area contributed by atoms with Crippen LogP contribution < -0.4 is 5.32 Å². The highest BCUT2D eigenvalue weighted by Crippen LogP contribution is 2.08. The second-order valence-electron chi connectivity index (χ2n) is 4.33. The molecule has 16 heavy (non-hydrogen) atoms. The highest BCUT2D eigenvalue weighted by Gasteiger charge is 2.09. The first-order valence-corrected chi connectivity index (χ1v) is 7.37. The molecule has 0 aliphatic carbocycles. The number of thioether (sulfide) groups is 1. The van der Waals surface area contributed by atoms with E-state index in [2.05, 4.69) is 28.1 Å². The van der Waals surface area contributed by atoms with Gasteiger partial charge >= 0.3 is 0 Å². The number of nitrogens with one attached hydrogen (secondary N) is 1. The quantitative estimate of drug-likeness (QED) is 0.573. The van der Waals surface area contributed by atoms with Crippen LogP contribution in [0.4, 0.5) is 0 Å². The van der Waals surface area contributed by atoms with E-state index in [0.29, 0.717) is 0 Å². The summed E-state index contributed by atoms with van der Waals surface area (Å²) in [5, 5.41) is 3.51. The third kappa shape index (κ3) is 4.45. The van der Waals surface area contributed by atoms with Crippen molar-refractivity contribution in [1.29, 1.82) is 0 Å². The zero-order valence-corrected chi connectivity index (χ0v) is 10.7. The van der Waals surface area contributed by atoms with Crippen molar-refractivity contribution in [2.24, 2.45) is 0 Å². The Balaban J connectivity index is 1.52. The Labute approximate surface area is 103 Å². The van der Waals surface area contributed by atoms with Gasteiger partial charge in [0.2, 0.25) is 0 Å². The normalized spacial score (nSPS) is 23.1. The summed E-state index contributed by atoms with van der Waals surface area (Å²) in [4.78, 5) is 2.55. The van der Waals surface area contributed by atoms with Crippen molar-refractivity contribution in [3.63, 3.8) is 0 Å². The SMILES string of the molecule is C1=C(CNCCN2CCSCC2)COCC1. The third-order valence-corrected chi connectivity index (χ3v) is 3.99. The lowest BCUT2D eigenvalue weighted by molar-refractivity contribution is 0.148. The van der Waals surface area contributed by atoms with Crippen LogP contribution in [0, 0.1) is 0 Å². The Morgan fingerprint density at radius 1 is 1.38 bits per heavy atom. The molecule has 0 bridgehead atoms. The van der Waals surface area contributed by atoms with E-state index < -0.39 is 0 Å². The van der Waals surface area contributed by atoms with Crippen molar-refractivity contribution in [1.82, 2.24) is 10.2 Å². The lowest BCUT2D eigenvalue weighted by atomic mass is 10.2. The van der Waals surface area contributed by atoms with Crippen molar-refractivity contribution in [2.45, 2.75) is 6.42 Å². The van der Waals surface area contributed by atoms with Gasteiger partial charge < -0.3 is 15.0 Å². The van der Waals surface area contributed by atoms with Crippen LogP contribution in [0.5, 0.6) is 0 Å². The summed E-state index contributed by atoms with van der Waals surface area (Å²) in [5.74, 6) is 2.61. The van der Waals surface area contributed by atoms with Gasteiger partial charge in [0.05, 0.1) is 13.2 Å². The zero-order valence-electron chi connectivity index (χ0n) is 9.91. The van der Waals surface area contributed by atoms with Crippen LogP contribution in [0.3, 0.4) is 0 Å². The Kier molecular flexibility index (Phi) is 5.69. The molecule has 0 aromatic carbocycles. The van der Waals surface area contributed by atoms with E-state index in [9.17, 15) is 0 Å². The smallest absolute Gasteiger partial charge is 0.0689 e. The maximum absolute atomic E-state index is 5.41. The van der Waals surface area contributed by atoms with E-state index in [1.165, 1.54) is 36.7 Å². The Bertz CT molecular complexity index is 227. The Morgan fingerprint density at radius 3 is 3.00 bits per heavy atom. The molecule has 0 atom stereocenters. The summed E-state index contributed by atoms with van der Waals surface area (Å²) in [5.41, 5.74) is 1.42. The molecule has 2 rings (SSSR count). The van der Waals surface area contributed by atoms with E-state index in [1.54, 1.807) is 0 Å². The highest BCUT2D eigenvalue weighted by atomic mass is 32.2. The van der Waals surface area contributed by atoms with Gasteiger partial charge in [-0.3, -0.25) is 0 Å². The molecule has 2 aliphatic rings. The largest absolute Gasteiger partial charge is 0.377 e. The van der Waals surface area contributed by atoms with Gasteiger partial charge in [-0.2, -0.15) is 11.8 Å². The molecule has 0 amide bonds. The standard InChI is InChI=1S/C12H22N2OS/c1-2-12(11-15-7-1)10-13-3-4-14-5-8-16-9-6-14/h2,13H,1,3-11H2. The fraction of sp³-hybridized carbons (Fsp3) is 0.833. The molecule has 3 nitrogen and oxygen atoms in total. The van der Waals surface area contributed by atoms with Crippen LogP contribution >= 0.6 is 11.8 Å². The van der Waals surface area contributed by atoms with E-state index in [1.807, 2.05) is 0 Å². The van der Waals surface area contributed by atoms with Crippen molar-refractivity contribution in [3.8, 4) is 0 Å². The summed E-state index contributed by atoms with van der Waals surface area (Å²) in [6.45, 7) is 7.54. The minimum Gasteiger partial charge on any atom is -0.377 e. The van der Waals surface area contributed by atoms with Gasteiger partial charge in [-0.1, -0.05) is 6.08 Å². The fourth-order valence-electron chi connectivity index (χ4n) is 2.04. The second-order valence-corrected chi connectivity index (χ2v) is 5.56. The molecule has 0 saturated carbocycles. The molecule has 92 valence electrons. The van der Waals surface area contributed by atoms with Crippen molar-refractivity contribution >= 4 is 11.8 Å². The molecule has 4 heteroatoms. The number of rotatable bonds is 5. The van der Waals surface area contributed by atoms with Gasteiger partial charge in [-0.15, -0.1) is 0 Å². The summed E-state index contributed by atoms with van der Waals surface area (Å²) in [7, 11) is 0. The van der Waals surface area contributed by atoms with E-state index in [4.69, 9.17) is 4.74 Å². The molecule has 2 heterocycles. The molecule has 2 aliphatic heterocycles. The first kappa shape index (κ1) is 12.4. The van der Waals surface area contributed by atoms with Crippen LogP contribution in [0.2, 0.25) is 0 Å². The van der Waals surface area contributed by atoms with Gasteiger partial charge in [0.15, 0.2) is 0 Å². The average Bonchev–Trinajstić information content (AvgIpc) is 2.37. The summed E-state index contributed by atoms with van der Waals surface area (Å²) < 4.78 is 5.41. The van der Waals surface area contributed by atoms with Crippen LogP contribution in [0.1, 0.15) is 6.42 Å². The number of ether oxygens (including phenoxy) is 1. The molecule has 0 aromatic rings. The minimum absolute atomic E-state index is 0.827. The van der Waals surface area contributed by atoms with Crippen LogP contribution in [0.25, 0.3) is 0 Å². The van der Waals surface area contributed by atoms with Crippen LogP contribution in [-0.2, 0) is 4.74 Å². The second kappa shape index (κ2) is 7.33. The maximum atomic E-state index is 5.41. The molecule has 1 saturated heterocycles. The number of hydrogen-bond donors (Lipinski definition) is 1. The maximum Gasteiger partial charge on any atom is 0.0689 e. The average molecular weight is 242 g/mol. The number of hydrogen-bond acceptors (Lipinski definition) is 4. The van der Waals surface area contributed by atoms with Gasteiger partial charge in [0.25, 0.3) is 0 Å². The topological polar surface area (TPSA) is 24.5 Å².